The SMILES string of the molecule is Cc1cc(C)c(NC(=O)COc2ccc(/C=C3\SC(=S)N(c4ccccc4)C3=O)cc2)c(C)c1. The standard InChI is InChI=1S/C27H24N2O3S2/c1-17-13-18(2)25(19(3)14-17)28-24(30)16-32-22-11-9-20(10-12-22)15-23-26(31)29(27(33)34-23)21-7-5-4-6-8-21/h4-15H,16H2,1-3H3,(H,28,30)/b23-15-. The summed E-state index contributed by atoms with van der Waals surface area (Å²) in [5.41, 5.74) is 5.62. The molecule has 1 aliphatic rings. The van der Waals surface area contributed by atoms with E-state index in [-0.39, 0.29) is 18.4 Å². The Morgan fingerprint density at radius 3 is 2.32 bits per heavy atom. The van der Waals surface area contributed by atoms with Gasteiger partial charge in [0.1, 0.15) is 5.75 Å². The first-order chi connectivity index (χ1) is 16.3. The van der Waals surface area contributed by atoms with Crippen LogP contribution in [0, 0.1) is 20.8 Å². The highest BCUT2D eigenvalue weighted by Crippen LogP contribution is 2.36. The summed E-state index contributed by atoms with van der Waals surface area (Å²) in [5, 5.41) is 2.93. The average Bonchev–Trinajstić information content (AvgIpc) is 3.09. The lowest BCUT2D eigenvalue weighted by Gasteiger charge is -2.13. The van der Waals surface area contributed by atoms with Crippen molar-refractivity contribution in [1.82, 2.24) is 0 Å². The van der Waals surface area contributed by atoms with E-state index in [0.29, 0.717) is 15.0 Å². The van der Waals surface area contributed by atoms with E-state index in [0.717, 1.165) is 33.6 Å². The van der Waals surface area contributed by atoms with Crippen LogP contribution in [-0.2, 0) is 9.59 Å². The molecule has 5 nitrogen and oxygen atoms in total. The second kappa shape index (κ2) is 10.2. The largest absolute Gasteiger partial charge is 0.484 e. The summed E-state index contributed by atoms with van der Waals surface area (Å²) in [5.74, 6) is 0.213. The number of nitrogens with zero attached hydrogens (tertiary/aromatic N) is 1. The summed E-state index contributed by atoms with van der Waals surface area (Å²) in [6, 6.07) is 20.7. The fraction of sp³-hybridized carbons (Fsp3) is 0.148. The molecule has 0 spiro atoms. The third-order valence-electron chi connectivity index (χ3n) is 5.30. The molecular formula is C27H24N2O3S2. The Morgan fingerprint density at radius 1 is 1.03 bits per heavy atom. The lowest BCUT2D eigenvalue weighted by atomic mass is 10.1. The van der Waals surface area contributed by atoms with E-state index in [9.17, 15) is 9.59 Å². The molecule has 0 radical (unpaired) electrons. The molecule has 172 valence electrons. The molecule has 7 heteroatoms. The van der Waals surface area contributed by atoms with E-state index in [1.165, 1.54) is 11.8 Å². The molecule has 0 saturated carbocycles. The number of nitrogens with one attached hydrogen (secondary N) is 1. The molecule has 1 fully saturated rings. The minimum atomic E-state index is -0.219. The van der Waals surface area contributed by atoms with Gasteiger partial charge in [-0.3, -0.25) is 14.5 Å². The lowest BCUT2D eigenvalue weighted by Crippen LogP contribution is -2.27. The van der Waals surface area contributed by atoms with Gasteiger partial charge in [0.2, 0.25) is 0 Å². The zero-order valence-corrected chi connectivity index (χ0v) is 20.8. The Hall–Kier alpha value is -3.42. The molecule has 1 heterocycles. The Labute approximate surface area is 208 Å². The van der Waals surface area contributed by atoms with Crippen molar-refractivity contribution >= 4 is 57.6 Å². The zero-order chi connectivity index (χ0) is 24.2. The molecule has 3 aromatic carbocycles. The minimum Gasteiger partial charge on any atom is -0.484 e. The molecule has 0 bridgehead atoms. The van der Waals surface area contributed by atoms with Crippen LogP contribution in [0.2, 0.25) is 0 Å². The number of hydrogen-bond donors (Lipinski definition) is 1. The number of hydrogen-bond acceptors (Lipinski definition) is 5. The van der Waals surface area contributed by atoms with Crippen molar-refractivity contribution in [2.45, 2.75) is 20.8 Å². The van der Waals surface area contributed by atoms with Crippen molar-refractivity contribution in [3.8, 4) is 5.75 Å². The number of rotatable bonds is 6. The monoisotopic (exact) mass is 488 g/mol. The number of benzene rings is 3. The Kier molecular flexibility index (Phi) is 7.14. The van der Waals surface area contributed by atoms with Crippen molar-refractivity contribution in [3.63, 3.8) is 0 Å². The number of aryl methyl sites for hydroxylation is 3. The maximum absolute atomic E-state index is 12.9. The van der Waals surface area contributed by atoms with Gasteiger partial charge in [0.05, 0.1) is 10.6 Å². The fourth-order valence-electron chi connectivity index (χ4n) is 3.78. The number of para-hydroxylation sites is 1. The van der Waals surface area contributed by atoms with Crippen molar-refractivity contribution in [1.29, 1.82) is 0 Å². The quantitative estimate of drug-likeness (QED) is 0.339. The molecule has 2 amide bonds. The maximum atomic E-state index is 12.9. The lowest BCUT2D eigenvalue weighted by molar-refractivity contribution is -0.118. The summed E-state index contributed by atoms with van der Waals surface area (Å²) in [6.45, 7) is 5.89. The van der Waals surface area contributed by atoms with Crippen LogP contribution >= 0.6 is 24.0 Å². The highest BCUT2D eigenvalue weighted by atomic mass is 32.2. The molecule has 34 heavy (non-hydrogen) atoms. The first kappa shape index (κ1) is 23.7. The minimum absolute atomic E-state index is 0.0954. The van der Waals surface area contributed by atoms with Gasteiger partial charge in [-0.25, -0.2) is 0 Å². The smallest absolute Gasteiger partial charge is 0.270 e. The molecule has 1 saturated heterocycles. The number of amides is 2. The topological polar surface area (TPSA) is 58.6 Å². The van der Waals surface area contributed by atoms with E-state index in [1.807, 2.05) is 81.4 Å². The molecule has 4 rings (SSSR count). The summed E-state index contributed by atoms with van der Waals surface area (Å²) in [4.78, 5) is 27.3. The molecule has 1 aliphatic heterocycles. The molecule has 0 aromatic heterocycles. The predicted molar refractivity (Wildman–Crippen MR) is 143 cm³/mol. The molecule has 1 N–H and O–H groups in total. The van der Waals surface area contributed by atoms with Gasteiger partial charge in [0.25, 0.3) is 11.8 Å². The predicted octanol–water partition coefficient (Wildman–Crippen LogP) is 6.04. The van der Waals surface area contributed by atoms with Crippen LogP contribution in [0.15, 0.2) is 71.6 Å². The van der Waals surface area contributed by atoms with Crippen molar-refractivity contribution in [3.05, 3.63) is 93.9 Å². The fourth-order valence-corrected chi connectivity index (χ4v) is 5.08. The van der Waals surface area contributed by atoms with Crippen LogP contribution in [0.3, 0.4) is 0 Å². The van der Waals surface area contributed by atoms with E-state index < -0.39 is 0 Å². The average molecular weight is 489 g/mol. The summed E-state index contributed by atoms with van der Waals surface area (Å²) in [6.07, 6.45) is 1.81. The maximum Gasteiger partial charge on any atom is 0.270 e. The highest BCUT2D eigenvalue weighted by molar-refractivity contribution is 8.27. The number of thioether (sulfide) groups is 1. The van der Waals surface area contributed by atoms with Crippen LogP contribution in [0.25, 0.3) is 6.08 Å². The van der Waals surface area contributed by atoms with Gasteiger partial charge in [0, 0.05) is 5.69 Å². The molecule has 0 aliphatic carbocycles. The Balaban J connectivity index is 1.37. The molecular weight excluding hydrogens is 464 g/mol. The second-order valence-corrected chi connectivity index (χ2v) is 9.71. The van der Waals surface area contributed by atoms with Crippen molar-refractivity contribution in [2.75, 3.05) is 16.8 Å². The number of anilines is 2. The van der Waals surface area contributed by atoms with Crippen LogP contribution in [-0.4, -0.2) is 22.7 Å². The molecule has 0 unspecified atom stereocenters. The van der Waals surface area contributed by atoms with Gasteiger partial charge in [-0.1, -0.05) is 72.0 Å². The number of carbonyl (C=O) groups excluding carboxylic acids is 2. The van der Waals surface area contributed by atoms with Crippen LogP contribution < -0.4 is 15.0 Å². The Morgan fingerprint density at radius 2 is 1.68 bits per heavy atom. The number of ether oxygens (including phenoxy) is 1. The van der Waals surface area contributed by atoms with Crippen LogP contribution in [0.5, 0.6) is 5.75 Å². The third-order valence-corrected chi connectivity index (χ3v) is 6.60. The second-order valence-electron chi connectivity index (χ2n) is 8.03. The first-order valence-corrected chi connectivity index (χ1v) is 12.0. The van der Waals surface area contributed by atoms with Gasteiger partial charge in [-0.15, -0.1) is 0 Å². The van der Waals surface area contributed by atoms with Gasteiger partial charge >= 0.3 is 0 Å². The highest BCUT2D eigenvalue weighted by Gasteiger charge is 2.33. The van der Waals surface area contributed by atoms with Gasteiger partial charge in [0.15, 0.2) is 10.9 Å². The summed E-state index contributed by atoms with van der Waals surface area (Å²) in [7, 11) is 0. The van der Waals surface area contributed by atoms with Gasteiger partial charge in [-0.2, -0.15) is 0 Å². The van der Waals surface area contributed by atoms with Crippen LogP contribution in [0.4, 0.5) is 11.4 Å². The van der Waals surface area contributed by atoms with E-state index in [1.54, 1.807) is 17.0 Å². The van der Waals surface area contributed by atoms with Crippen molar-refractivity contribution < 1.29 is 14.3 Å². The molecule has 3 aromatic rings. The first-order valence-electron chi connectivity index (χ1n) is 10.8. The van der Waals surface area contributed by atoms with E-state index in [2.05, 4.69) is 5.32 Å². The van der Waals surface area contributed by atoms with Gasteiger partial charge in [-0.05, 0) is 67.8 Å². The summed E-state index contributed by atoms with van der Waals surface area (Å²) >= 11 is 6.69. The number of carbonyl (C=O) groups is 2. The zero-order valence-electron chi connectivity index (χ0n) is 19.1. The normalized spacial score (nSPS) is 14.6. The van der Waals surface area contributed by atoms with E-state index in [4.69, 9.17) is 17.0 Å². The van der Waals surface area contributed by atoms with E-state index >= 15 is 0 Å². The van der Waals surface area contributed by atoms with Crippen LogP contribution in [0.1, 0.15) is 22.3 Å². The molecule has 0 atom stereocenters. The Bertz CT molecular complexity index is 1260. The summed E-state index contributed by atoms with van der Waals surface area (Å²) < 4.78 is 6.15. The van der Waals surface area contributed by atoms with Gasteiger partial charge < -0.3 is 10.1 Å². The third kappa shape index (κ3) is 5.38. The number of thiocarbonyl (C=S) groups is 1. The van der Waals surface area contributed by atoms with Crippen molar-refractivity contribution in [2.24, 2.45) is 0 Å².